The number of carbonyl (C=O) groups excluding carboxylic acids is 1. The fourth-order valence-corrected chi connectivity index (χ4v) is 4.18. The predicted molar refractivity (Wildman–Crippen MR) is 104 cm³/mol. The van der Waals surface area contributed by atoms with Crippen molar-refractivity contribution >= 4 is 11.6 Å². The van der Waals surface area contributed by atoms with Crippen LogP contribution in [0.2, 0.25) is 0 Å². The minimum absolute atomic E-state index is 0.302. The highest BCUT2D eigenvalue weighted by atomic mass is 16.2. The van der Waals surface area contributed by atoms with Crippen molar-refractivity contribution in [1.29, 1.82) is 0 Å². The van der Waals surface area contributed by atoms with Crippen molar-refractivity contribution < 1.29 is 4.79 Å². The fraction of sp³-hybridized carbons (Fsp3) is 0.667. The lowest BCUT2D eigenvalue weighted by molar-refractivity contribution is -0.133. The molecule has 25 heavy (non-hydrogen) atoms. The van der Waals surface area contributed by atoms with Gasteiger partial charge >= 0.3 is 0 Å². The summed E-state index contributed by atoms with van der Waals surface area (Å²) in [5, 5.41) is 0. The average molecular weight is 344 g/mol. The normalized spacial score (nSPS) is 20.0. The van der Waals surface area contributed by atoms with Gasteiger partial charge in [-0.2, -0.15) is 0 Å². The second kappa shape index (κ2) is 8.70. The van der Waals surface area contributed by atoms with Crippen LogP contribution in [0, 0.1) is 6.92 Å². The van der Waals surface area contributed by atoms with Gasteiger partial charge < -0.3 is 9.80 Å². The molecule has 0 atom stereocenters. The summed E-state index contributed by atoms with van der Waals surface area (Å²) in [4.78, 5) is 19.5. The second-order valence-corrected chi connectivity index (χ2v) is 7.77. The molecule has 0 N–H and O–H groups in total. The third-order valence-corrected chi connectivity index (χ3v) is 5.83. The van der Waals surface area contributed by atoms with E-state index in [-0.39, 0.29) is 0 Å². The van der Waals surface area contributed by atoms with Gasteiger partial charge in [0.1, 0.15) is 0 Å². The molecule has 4 heteroatoms. The molecule has 3 rings (SSSR count). The van der Waals surface area contributed by atoms with Crippen LogP contribution >= 0.6 is 0 Å². The smallest absolute Gasteiger partial charge is 0.236 e. The number of likely N-dealkylation sites (N-methyl/N-ethyl adjacent to an activating group) is 1. The van der Waals surface area contributed by atoms with E-state index in [1.54, 1.807) is 0 Å². The maximum Gasteiger partial charge on any atom is 0.236 e. The fourth-order valence-electron chi connectivity index (χ4n) is 4.18. The summed E-state index contributed by atoms with van der Waals surface area (Å²) in [5.41, 5.74) is 2.57. The van der Waals surface area contributed by atoms with Gasteiger partial charge in [0.15, 0.2) is 0 Å². The van der Waals surface area contributed by atoms with Crippen LogP contribution in [0.3, 0.4) is 0 Å². The van der Waals surface area contributed by atoms with Crippen LogP contribution in [0.1, 0.15) is 44.1 Å². The summed E-state index contributed by atoms with van der Waals surface area (Å²) in [6.45, 7) is 6.25. The number of benzene rings is 1. The number of anilines is 1. The summed E-state index contributed by atoms with van der Waals surface area (Å²) in [6.07, 6.45) is 7.87. The molecule has 0 bridgehead atoms. The molecular weight excluding hydrogens is 310 g/mol. The maximum absolute atomic E-state index is 12.7. The first-order valence-corrected chi connectivity index (χ1v) is 9.93. The third-order valence-electron chi connectivity index (χ3n) is 5.83. The van der Waals surface area contributed by atoms with Crippen LogP contribution in [0.4, 0.5) is 5.69 Å². The van der Waals surface area contributed by atoms with Gasteiger partial charge in [0.25, 0.3) is 0 Å². The van der Waals surface area contributed by atoms with E-state index in [1.165, 1.54) is 49.8 Å². The molecule has 0 aromatic heterocycles. The Hall–Kier alpha value is -1.55. The van der Waals surface area contributed by atoms with Gasteiger partial charge in [-0.15, -0.1) is 0 Å². The van der Waals surface area contributed by atoms with Crippen molar-refractivity contribution in [3.63, 3.8) is 0 Å². The lowest BCUT2D eigenvalue weighted by Gasteiger charge is -2.37. The Balaban J connectivity index is 1.48. The average Bonchev–Trinajstić information content (AvgIpc) is 2.91. The number of carbonyl (C=O) groups is 1. The number of nitrogens with zero attached hydrogens (tertiary/aromatic N) is 3. The van der Waals surface area contributed by atoms with Gasteiger partial charge in [0.2, 0.25) is 5.91 Å². The first-order chi connectivity index (χ1) is 12.1. The largest absolute Gasteiger partial charge is 0.368 e. The molecule has 1 saturated carbocycles. The van der Waals surface area contributed by atoms with E-state index < -0.39 is 0 Å². The number of aryl methyl sites for hydroxylation is 1. The number of rotatable bonds is 4. The molecule has 1 aromatic rings. The summed E-state index contributed by atoms with van der Waals surface area (Å²) in [5.74, 6) is 0.302. The zero-order valence-corrected chi connectivity index (χ0v) is 15.9. The van der Waals surface area contributed by atoms with Crippen molar-refractivity contribution in [2.45, 2.75) is 51.5 Å². The van der Waals surface area contributed by atoms with Gasteiger partial charge in [-0.1, -0.05) is 37.8 Å². The van der Waals surface area contributed by atoms with E-state index >= 15 is 0 Å². The number of amides is 1. The lowest BCUT2D eigenvalue weighted by Crippen LogP contribution is -2.51. The van der Waals surface area contributed by atoms with Crippen LogP contribution in [0.15, 0.2) is 24.3 Å². The van der Waals surface area contributed by atoms with Gasteiger partial charge in [-0.25, -0.2) is 0 Å². The summed E-state index contributed by atoms with van der Waals surface area (Å²) in [6, 6.07) is 9.25. The SMILES string of the molecule is Cc1cccc(N2CCN(C(=O)CN(C)C3CCCCCC3)CC2)c1. The Kier molecular flexibility index (Phi) is 6.35. The van der Waals surface area contributed by atoms with E-state index in [0.29, 0.717) is 18.5 Å². The number of hydrogen-bond acceptors (Lipinski definition) is 3. The predicted octanol–water partition coefficient (Wildman–Crippen LogP) is 3.30. The standard InChI is InChI=1S/C21H33N3O/c1-18-8-7-11-20(16-18)23-12-14-24(15-13-23)21(25)17-22(2)19-9-5-3-4-6-10-19/h7-8,11,16,19H,3-6,9-10,12-15,17H2,1-2H3. The highest BCUT2D eigenvalue weighted by Crippen LogP contribution is 2.21. The molecule has 2 aliphatic rings. The van der Waals surface area contributed by atoms with Crippen LogP contribution in [-0.2, 0) is 4.79 Å². The van der Waals surface area contributed by atoms with Crippen molar-refractivity contribution in [3.8, 4) is 0 Å². The van der Waals surface area contributed by atoms with E-state index in [2.05, 4.69) is 52.9 Å². The Bertz CT molecular complexity index is 558. The maximum atomic E-state index is 12.7. The summed E-state index contributed by atoms with van der Waals surface area (Å²) in [7, 11) is 2.14. The summed E-state index contributed by atoms with van der Waals surface area (Å²) >= 11 is 0. The monoisotopic (exact) mass is 343 g/mol. The minimum Gasteiger partial charge on any atom is -0.368 e. The first-order valence-electron chi connectivity index (χ1n) is 9.93. The van der Waals surface area contributed by atoms with Gasteiger partial charge in [-0.3, -0.25) is 9.69 Å². The van der Waals surface area contributed by atoms with Crippen LogP contribution in [0.5, 0.6) is 0 Å². The topological polar surface area (TPSA) is 26.8 Å². The number of hydrogen-bond donors (Lipinski definition) is 0. The van der Waals surface area contributed by atoms with Crippen molar-refractivity contribution in [3.05, 3.63) is 29.8 Å². The molecule has 1 aliphatic carbocycles. The van der Waals surface area contributed by atoms with E-state index in [9.17, 15) is 4.79 Å². The quantitative estimate of drug-likeness (QED) is 0.785. The van der Waals surface area contributed by atoms with Crippen LogP contribution in [0.25, 0.3) is 0 Å². The van der Waals surface area contributed by atoms with Crippen molar-refractivity contribution in [2.75, 3.05) is 44.7 Å². The highest BCUT2D eigenvalue weighted by Gasteiger charge is 2.24. The molecule has 1 saturated heterocycles. The molecule has 2 fully saturated rings. The lowest BCUT2D eigenvalue weighted by atomic mass is 10.1. The molecule has 1 heterocycles. The summed E-state index contributed by atoms with van der Waals surface area (Å²) < 4.78 is 0. The second-order valence-electron chi connectivity index (χ2n) is 7.77. The van der Waals surface area contributed by atoms with Gasteiger partial charge in [0.05, 0.1) is 6.54 Å². The molecule has 1 aliphatic heterocycles. The Labute approximate surface area is 152 Å². The molecule has 0 unspecified atom stereocenters. The molecule has 138 valence electrons. The van der Waals surface area contributed by atoms with Crippen LogP contribution < -0.4 is 4.90 Å². The number of piperazine rings is 1. The van der Waals surface area contributed by atoms with Crippen molar-refractivity contribution in [1.82, 2.24) is 9.80 Å². The molecule has 4 nitrogen and oxygen atoms in total. The van der Waals surface area contributed by atoms with Gasteiger partial charge in [0, 0.05) is 37.9 Å². The zero-order valence-electron chi connectivity index (χ0n) is 15.9. The molecule has 1 amide bonds. The minimum atomic E-state index is 0.302. The Morgan fingerprint density at radius 2 is 1.76 bits per heavy atom. The Morgan fingerprint density at radius 3 is 2.40 bits per heavy atom. The van der Waals surface area contributed by atoms with Crippen LogP contribution in [-0.4, -0.2) is 61.5 Å². The molecule has 1 aromatic carbocycles. The first kappa shape index (κ1) is 18.2. The molecule has 0 spiro atoms. The zero-order chi connectivity index (χ0) is 17.6. The van der Waals surface area contributed by atoms with E-state index in [1.807, 2.05) is 0 Å². The van der Waals surface area contributed by atoms with Gasteiger partial charge in [-0.05, 0) is 44.5 Å². The highest BCUT2D eigenvalue weighted by molar-refractivity contribution is 5.78. The van der Waals surface area contributed by atoms with Crippen molar-refractivity contribution in [2.24, 2.45) is 0 Å². The van der Waals surface area contributed by atoms with E-state index in [4.69, 9.17) is 0 Å². The third kappa shape index (κ3) is 4.97. The van der Waals surface area contributed by atoms with E-state index in [0.717, 1.165) is 26.2 Å². The Morgan fingerprint density at radius 1 is 1.08 bits per heavy atom. The molecule has 0 radical (unpaired) electrons. The molecular formula is C21H33N3O.